The molecule has 1 heterocycles. The molecule has 4 N–H and O–H groups in total. The molecule has 0 fully saturated rings. The monoisotopic (exact) mass is 450 g/mol. The zero-order valence-corrected chi connectivity index (χ0v) is 17.6. The van der Waals surface area contributed by atoms with Crippen molar-refractivity contribution in [3.63, 3.8) is 0 Å². The van der Waals surface area contributed by atoms with Crippen LogP contribution in [0.2, 0.25) is 15.1 Å². The summed E-state index contributed by atoms with van der Waals surface area (Å²) in [5.74, 6) is 0.722. The SMILES string of the molecule is CC(N)=NC=Nc1cc(Cl)c(C(=O)NCCc2nc3ccc(Cl)cc3[nH]2)c(Cl)c1. The Hall–Kier alpha value is -2.61. The number of carbonyl (C=O) groups is 1. The minimum absolute atomic E-state index is 0.183. The van der Waals surface area contributed by atoms with Crippen LogP contribution in [0.15, 0.2) is 40.3 Å². The van der Waals surface area contributed by atoms with Crippen molar-refractivity contribution >= 4 is 69.6 Å². The Morgan fingerprint density at radius 2 is 1.97 bits per heavy atom. The zero-order chi connectivity index (χ0) is 21.0. The highest BCUT2D eigenvalue weighted by Crippen LogP contribution is 2.30. The smallest absolute Gasteiger partial charge is 0.254 e. The van der Waals surface area contributed by atoms with Gasteiger partial charge in [-0.05, 0) is 37.3 Å². The van der Waals surface area contributed by atoms with Gasteiger partial charge in [0.25, 0.3) is 5.91 Å². The lowest BCUT2D eigenvalue weighted by molar-refractivity contribution is 0.0954. The van der Waals surface area contributed by atoms with Crippen LogP contribution in [0.1, 0.15) is 23.1 Å². The van der Waals surface area contributed by atoms with Gasteiger partial charge in [-0.3, -0.25) is 4.79 Å². The lowest BCUT2D eigenvalue weighted by atomic mass is 10.2. The number of amides is 1. The number of hydrogen-bond donors (Lipinski definition) is 3. The molecule has 0 spiro atoms. The molecule has 2 aromatic carbocycles. The van der Waals surface area contributed by atoms with Crippen molar-refractivity contribution < 1.29 is 4.79 Å². The van der Waals surface area contributed by atoms with Crippen LogP contribution in [0.3, 0.4) is 0 Å². The van der Waals surface area contributed by atoms with Crippen molar-refractivity contribution in [1.29, 1.82) is 0 Å². The molecular formula is C19H17Cl3N6O. The number of hydrogen-bond acceptors (Lipinski definition) is 3. The maximum atomic E-state index is 12.5. The van der Waals surface area contributed by atoms with Gasteiger partial charge < -0.3 is 16.0 Å². The average Bonchev–Trinajstić information content (AvgIpc) is 3.02. The summed E-state index contributed by atoms with van der Waals surface area (Å²) in [5.41, 5.74) is 7.74. The number of aliphatic imine (C=N–C) groups is 2. The fourth-order valence-electron chi connectivity index (χ4n) is 2.57. The van der Waals surface area contributed by atoms with E-state index in [2.05, 4.69) is 25.3 Å². The largest absolute Gasteiger partial charge is 0.387 e. The van der Waals surface area contributed by atoms with Crippen molar-refractivity contribution in [1.82, 2.24) is 15.3 Å². The second kappa shape index (κ2) is 9.26. The summed E-state index contributed by atoms with van der Waals surface area (Å²) in [6.45, 7) is 1.99. The van der Waals surface area contributed by atoms with Gasteiger partial charge in [0.1, 0.15) is 12.2 Å². The topological polar surface area (TPSA) is 109 Å². The first-order valence-electron chi connectivity index (χ1n) is 8.57. The van der Waals surface area contributed by atoms with Crippen LogP contribution in [0.5, 0.6) is 0 Å². The number of nitrogens with one attached hydrogen (secondary N) is 2. The molecule has 0 unspecified atom stereocenters. The van der Waals surface area contributed by atoms with Crippen molar-refractivity contribution in [2.24, 2.45) is 15.7 Å². The molecule has 3 aromatic rings. The Kier molecular flexibility index (Phi) is 6.74. The molecule has 0 radical (unpaired) electrons. The third-order valence-corrected chi connectivity index (χ3v) is 4.69. The third-order valence-electron chi connectivity index (χ3n) is 3.86. The highest BCUT2D eigenvalue weighted by molar-refractivity contribution is 6.40. The molecule has 0 bridgehead atoms. The van der Waals surface area contributed by atoms with Gasteiger partial charge in [0, 0.05) is 18.0 Å². The first kappa shape index (κ1) is 21.1. The number of rotatable bonds is 6. The van der Waals surface area contributed by atoms with Crippen LogP contribution in [0.25, 0.3) is 11.0 Å². The molecule has 0 saturated heterocycles. The molecule has 3 rings (SSSR count). The minimum Gasteiger partial charge on any atom is -0.387 e. The number of aromatic amines is 1. The molecule has 0 aliphatic carbocycles. The Morgan fingerprint density at radius 3 is 2.66 bits per heavy atom. The van der Waals surface area contributed by atoms with Gasteiger partial charge in [-0.25, -0.2) is 15.0 Å². The van der Waals surface area contributed by atoms with Gasteiger partial charge in [-0.1, -0.05) is 34.8 Å². The van der Waals surface area contributed by atoms with Crippen LogP contribution in [0, 0.1) is 0 Å². The van der Waals surface area contributed by atoms with E-state index in [1.54, 1.807) is 19.1 Å². The van der Waals surface area contributed by atoms with Gasteiger partial charge >= 0.3 is 0 Å². The fourth-order valence-corrected chi connectivity index (χ4v) is 3.39. The van der Waals surface area contributed by atoms with Crippen LogP contribution in [-0.4, -0.2) is 34.6 Å². The van der Waals surface area contributed by atoms with Crippen LogP contribution >= 0.6 is 34.8 Å². The van der Waals surface area contributed by atoms with Crippen molar-refractivity contribution in [2.75, 3.05) is 6.54 Å². The Bertz CT molecular complexity index is 1100. The maximum Gasteiger partial charge on any atom is 0.254 e. The second-order valence-electron chi connectivity index (χ2n) is 6.15. The zero-order valence-electron chi connectivity index (χ0n) is 15.3. The van der Waals surface area contributed by atoms with Crippen molar-refractivity contribution in [3.05, 3.63) is 56.8 Å². The fraction of sp³-hybridized carbons (Fsp3) is 0.158. The first-order chi connectivity index (χ1) is 13.8. The lowest BCUT2D eigenvalue weighted by Crippen LogP contribution is -2.26. The molecule has 7 nitrogen and oxygen atoms in total. The van der Waals surface area contributed by atoms with E-state index in [0.29, 0.717) is 29.5 Å². The Morgan fingerprint density at radius 1 is 1.24 bits per heavy atom. The molecule has 0 aliphatic rings. The van der Waals surface area contributed by atoms with E-state index in [0.717, 1.165) is 16.9 Å². The highest BCUT2D eigenvalue weighted by atomic mass is 35.5. The third kappa shape index (κ3) is 5.47. The number of halogens is 3. The summed E-state index contributed by atoms with van der Waals surface area (Å²) in [4.78, 5) is 28.1. The molecule has 10 heteroatoms. The van der Waals surface area contributed by atoms with Crippen LogP contribution in [-0.2, 0) is 6.42 Å². The molecule has 29 heavy (non-hydrogen) atoms. The molecule has 0 aliphatic heterocycles. The Labute approximate surface area is 182 Å². The van der Waals surface area contributed by atoms with Crippen molar-refractivity contribution in [2.45, 2.75) is 13.3 Å². The molecule has 1 amide bonds. The average molecular weight is 452 g/mol. The van der Waals surface area contributed by atoms with Gasteiger partial charge in [0.15, 0.2) is 0 Å². The summed E-state index contributed by atoms with van der Waals surface area (Å²) >= 11 is 18.4. The molecule has 150 valence electrons. The van der Waals surface area contributed by atoms with E-state index in [1.165, 1.54) is 18.5 Å². The molecular weight excluding hydrogens is 435 g/mol. The standard InChI is InChI=1S/C19H17Cl3N6O/c1-10(23)25-9-26-12-7-13(21)18(14(22)8-12)19(29)24-5-4-17-27-15-3-2-11(20)6-16(15)28-17/h2-3,6-9H,4-5H2,1H3,(H,24,29)(H,27,28)(H2,23,25,26). The minimum atomic E-state index is -0.384. The number of nitrogens with zero attached hydrogens (tertiary/aromatic N) is 3. The summed E-state index contributed by atoms with van der Waals surface area (Å²) in [6, 6.07) is 8.47. The predicted octanol–water partition coefficient (Wildman–Crippen LogP) is 4.53. The normalized spacial score (nSPS) is 12.1. The quantitative estimate of drug-likeness (QED) is 0.378. The summed E-state index contributed by atoms with van der Waals surface area (Å²) in [5, 5.41) is 3.80. The van der Waals surface area contributed by atoms with E-state index in [1.807, 2.05) is 6.07 Å². The van der Waals surface area contributed by atoms with E-state index in [4.69, 9.17) is 40.5 Å². The van der Waals surface area contributed by atoms with Gasteiger partial charge in [-0.2, -0.15) is 0 Å². The van der Waals surface area contributed by atoms with Crippen molar-refractivity contribution in [3.8, 4) is 0 Å². The highest BCUT2D eigenvalue weighted by Gasteiger charge is 2.16. The number of imidazole rings is 1. The Balaban J connectivity index is 1.65. The van der Waals surface area contributed by atoms with E-state index >= 15 is 0 Å². The van der Waals surface area contributed by atoms with E-state index in [9.17, 15) is 4.79 Å². The number of carbonyl (C=O) groups excluding carboxylic acids is 1. The number of fused-ring (bicyclic) bond motifs is 1. The number of nitrogens with two attached hydrogens (primary N) is 1. The van der Waals surface area contributed by atoms with Crippen LogP contribution in [0.4, 0.5) is 5.69 Å². The number of benzene rings is 2. The maximum absolute atomic E-state index is 12.5. The molecule has 1 aromatic heterocycles. The second-order valence-corrected chi connectivity index (χ2v) is 7.40. The predicted molar refractivity (Wildman–Crippen MR) is 119 cm³/mol. The number of H-pyrrole nitrogens is 1. The van der Waals surface area contributed by atoms with Gasteiger partial charge in [0.2, 0.25) is 0 Å². The summed E-state index contributed by atoms with van der Waals surface area (Å²) < 4.78 is 0. The first-order valence-corrected chi connectivity index (χ1v) is 9.70. The van der Waals surface area contributed by atoms with E-state index in [-0.39, 0.29) is 21.5 Å². The number of amidine groups is 1. The summed E-state index contributed by atoms with van der Waals surface area (Å²) in [6.07, 6.45) is 1.80. The number of aromatic nitrogens is 2. The lowest BCUT2D eigenvalue weighted by Gasteiger charge is -2.09. The van der Waals surface area contributed by atoms with Gasteiger partial charge in [-0.15, -0.1) is 0 Å². The summed E-state index contributed by atoms with van der Waals surface area (Å²) in [7, 11) is 0. The molecule has 0 saturated carbocycles. The van der Waals surface area contributed by atoms with E-state index < -0.39 is 0 Å². The molecule has 0 atom stereocenters. The van der Waals surface area contributed by atoms with Crippen LogP contribution < -0.4 is 11.1 Å². The van der Waals surface area contributed by atoms with Gasteiger partial charge in [0.05, 0.1) is 38.2 Å².